The summed E-state index contributed by atoms with van der Waals surface area (Å²) in [6, 6.07) is 2.22. The van der Waals surface area contributed by atoms with Crippen LogP contribution in [0.15, 0.2) is 18.2 Å². The van der Waals surface area contributed by atoms with Crippen LogP contribution >= 0.6 is 0 Å². The molecule has 0 spiro atoms. The van der Waals surface area contributed by atoms with Gasteiger partial charge < -0.3 is 10.1 Å². The Hall–Kier alpha value is -2.71. The van der Waals surface area contributed by atoms with E-state index in [1.165, 1.54) is 6.92 Å². The number of rotatable bonds is 5. The molecule has 0 aliphatic rings. The third-order valence-electron chi connectivity index (χ3n) is 2.37. The Bertz CT molecular complexity index is 564. The molecule has 114 valence electrons. The van der Waals surface area contributed by atoms with Gasteiger partial charge in [0, 0.05) is 18.7 Å². The lowest BCUT2D eigenvalue weighted by Gasteiger charge is -2.14. The molecular weight excluding hydrogens is 285 g/mol. The van der Waals surface area contributed by atoms with Crippen LogP contribution in [0.3, 0.4) is 0 Å². The van der Waals surface area contributed by atoms with E-state index in [2.05, 4.69) is 5.32 Å². The summed E-state index contributed by atoms with van der Waals surface area (Å²) in [4.78, 5) is 32.3. The summed E-state index contributed by atoms with van der Waals surface area (Å²) in [5.74, 6) is -1.86. The summed E-state index contributed by atoms with van der Waals surface area (Å²) < 4.78 is 18.5. The molecule has 0 fully saturated rings. The van der Waals surface area contributed by atoms with Gasteiger partial charge >= 0.3 is 11.7 Å². The molecular formula is C12H14FN3O5. The zero-order valence-corrected chi connectivity index (χ0v) is 11.4. The second-order valence-electron chi connectivity index (χ2n) is 3.98. The Morgan fingerprint density at radius 2 is 2.14 bits per heavy atom. The topological polar surface area (TPSA) is 111 Å². The summed E-state index contributed by atoms with van der Waals surface area (Å²) >= 11 is 0. The number of urea groups is 1. The summed E-state index contributed by atoms with van der Waals surface area (Å²) in [6.07, 6.45) is -1.08. The van der Waals surface area contributed by atoms with Crippen molar-refractivity contribution in [3.05, 3.63) is 34.1 Å². The van der Waals surface area contributed by atoms with E-state index in [9.17, 15) is 24.1 Å². The molecule has 21 heavy (non-hydrogen) atoms. The quantitative estimate of drug-likeness (QED) is 0.629. The van der Waals surface area contributed by atoms with Gasteiger partial charge in [0.15, 0.2) is 6.10 Å². The van der Waals surface area contributed by atoms with E-state index in [1.54, 1.807) is 6.92 Å². The molecule has 0 radical (unpaired) electrons. The minimum atomic E-state index is -1.08. The van der Waals surface area contributed by atoms with E-state index >= 15 is 0 Å². The maximum absolute atomic E-state index is 13.4. The smallest absolute Gasteiger partial charge is 0.321 e. The fraction of sp³-hybridized carbons (Fsp3) is 0.333. The molecule has 0 saturated carbocycles. The van der Waals surface area contributed by atoms with Crippen molar-refractivity contribution in [1.82, 2.24) is 10.6 Å². The predicted octanol–water partition coefficient (Wildman–Crippen LogP) is 1.35. The molecule has 0 aromatic heterocycles. The van der Waals surface area contributed by atoms with Crippen LogP contribution in [0.2, 0.25) is 0 Å². The van der Waals surface area contributed by atoms with Gasteiger partial charge in [-0.1, -0.05) is 0 Å². The highest BCUT2D eigenvalue weighted by Gasteiger charge is 2.19. The van der Waals surface area contributed by atoms with Crippen molar-refractivity contribution in [3.8, 4) is 5.75 Å². The minimum absolute atomic E-state index is 0.0587. The maximum Gasteiger partial charge on any atom is 0.321 e. The highest BCUT2D eigenvalue weighted by Crippen LogP contribution is 2.22. The van der Waals surface area contributed by atoms with Gasteiger partial charge in [0.1, 0.15) is 5.75 Å². The summed E-state index contributed by atoms with van der Waals surface area (Å²) in [5, 5.41) is 14.9. The first-order chi connectivity index (χ1) is 9.85. The van der Waals surface area contributed by atoms with Crippen molar-refractivity contribution in [1.29, 1.82) is 0 Å². The SMILES string of the molecule is CCNC(=O)NC(=O)C(C)Oc1ccc([N+](=O)[O-])c(F)c1. The van der Waals surface area contributed by atoms with E-state index in [-0.39, 0.29) is 5.75 Å². The van der Waals surface area contributed by atoms with Crippen LogP contribution in [0.25, 0.3) is 0 Å². The molecule has 1 aromatic rings. The number of benzene rings is 1. The van der Waals surface area contributed by atoms with E-state index in [1.807, 2.05) is 5.32 Å². The summed E-state index contributed by atoms with van der Waals surface area (Å²) in [6.45, 7) is 3.39. The number of nitro groups is 1. The van der Waals surface area contributed by atoms with Crippen LogP contribution in [0.5, 0.6) is 5.75 Å². The van der Waals surface area contributed by atoms with Crippen LogP contribution in [0.4, 0.5) is 14.9 Å². The lowest BCUT2D eigenvalue weighted by Crippen LogP contribution is -2.45. The number of nitro benzene ring substituents is 1. The number of halogens is 1. The van der Waals surface area contributed by atoms with Crippen LogP contribution in [-0.4, -0.2) is 29.5 Å². The minimum Gasteiger partial charge on any atom is -0.481 e. The van der Waals surface area contributed by atoms with Crippen LogP contribution in [0, 0.1) is 15.9 Å². The zero-order chi connectivity index (χ0) is 16.0. The van der Waals surface area contributed by atoms with Crippen LogP contribution < -0.4 is 15.4 Å². The molecule has 1 rings (SSSR count). The van der Waals surface area contributed by atoms with Crippen LogP contribution in [-0.2, 0) is 4.79 Å². The average Bonchev–Trinajstić information content (AvgIpc) is 2.38. The van der Waals surface area contributed by atoms with Gasteiger partial charge in [-0.15, -0.1) is 0 Å². The van der Waals surface area contributed by atoms with Crippen molar-refractivity contribution in [2.45, 2.75) is 20.0 Å². The Morgan fingerprint density at radius 3 is 2.67 bits per heavy atom. The molecule has 1 atom stereocenters. The molecule has 0 saturated heterocycles. The van der Waals surface area contributed by atoms with E-state index in [0.29, 0.717) is 6.54 Å². The normalized spacial score (nSPS) is 11.4. The Labute approximate surface area is 119 Å². The molecule has 3 amide bonds. The first-order valence-corrected chi connectivity index (χ1v) is 6.04. The third-order valence-corrected chi connectivity index (χ3v) is 2.37. The highest BCUT2D eigenvalue weighted by molar-refractivity contribution is 5.96. The second kappa shape index (κ2) is 7.17. The van der Waals surface area contributed by atoms with E-state index in [4.69, 9.17) is 4.74 Å². The monoisotopic (exact) mass is 299 g/mol. The molecule has 0 aliphatic carbocycles. The van der Waals surface area contributed by atoms with Gasteiger partial charge in [0.25, 0.3) is 5.91 Å². The number of carbonyl (C=O) groups is 2. The van der Waals surface area contributed by atoms with E-state index in [0.717, 1.165) is 18.2 Å². The molecule has 0 bridgehead atoms. The molecule has 1 unspecified atom stereocenters. The lowest BCUT2D eigenvalue weighted by atomic mass is 10.3. The van der Waals surface area contributed by atoms with Crippen molar-refractivity contribution in [3.63, 3.8) is 0 Å². The fourth-order valence-corrected chi connectivity index (χ4v) is 1.38. The number of imide groups is 1. The van der Waals surface area contributed by atoms with Gasteiger partial charge in [-0.3, -0.25) is 20.2 Å². The standard InChI is InChI=1S/C12H14FN3O5/c1-3-14-12(18)15-11(17)7(2)21-8-4-5-10(16(19)20)9(13)6-8/h4-7H,3H2,1-2H3,(H2,14,15,17,18). The number of hydrogen-bond acceptors (Lipinski definition) is 5. The number of amides is 3. The largest absolute Gasteiger partial charge is 0.481 e. The predicted molar refractivity (Wildman–Crippen MR) is 70.4 cm³/mol. The van der Waals surface area contributed by atoms with Gasteiger partial charge in [-0.2, -0.15) is 4.39 Å². The number of ether oxygens (including phenoxy) is 1. The molecule has 2 N–H and O–H groups in total. The maximum atomic E-state index is 13.4. The van der Waals surface area contributed by atoms with Gasteiger partial charge in [-0.25, -0.2) is 4.79 Å². The number of hydrogen-bond donors (Lipinski definition) is 2. The van der Waals surface area contributed by atoms with Gasteiger partial charge in [0.2, 0.25) is 5.82 Å². The van der Waals surface area contributed by atoms with Gasteiger partial charge in [-0.05, 0) is 19.9 Å². The number of carbonyl (C=O) groups excluding carboxylic acids is 2. The van der Waals surface area contributed by atoms with E-state index < -0.39 is 34.5 Å². The molecule has 0 heterocycles. The van der Waals surface area contributed by atoms with Crippen molar-refractivity contribution >= 4 is 17.6 Å². The summed E-state index contributed by atoms with van der Waals surface area (Å²) in [5.41, 5.74) is -0.693. The molecule has 1 aromatic carbocycles. The Balaban J connectivity index is 2.68. The Morgan fingerprint density at radius 1 is 1.48 bits per heavy atom. The third kappa shape index (κ3) is 4.71. The Kier molecular flexibility index (Phi) is 5.58. The highest BCUT2D eigenvalue weighted by atomic mass is 19.1. The van der Waals surface area contributed by atoms with Crippen molar-refractivity contribution in [2.75, 3.05) is 6.54 Å². The van der Waals surface area contributed by atoms with Crippen molar-refractivity contribution in [2.24, 2.45) is 0 Å². The number of nitrogens with one attached hydrogen (secondary N) is 2. The lowest BCUT2D eigenvalue weighted by molar-refractivity contribution is -0.387. The van der Waals surface area contributed by atoms with Crippen molar-refractivity contribution < 1.29 is 23.6 Å². The zero-order valence-electron chi connectivity index (χ0n) is 11.4. The molecule has 8 nitrogen and oxygen atoms in total. The molecule has 9 heteroatoms. The fourth-order valence-electron chi connectivity index (χ4n) is 1.38. The number of nitrogens with zero attached hydrogens (tertiary/aromatic N) is 1. The molecule has 0 aliphatic heterocycles. The first-order valence-electron chi connectivity index (χ1n) is 6.04. The summed E-state index contributed by atoms with van der Waals surface area (Å²) in [7, 11) is 0. The first kappa shape index (κ1) is 16.3. The van der Waals surface area contributed by atoms with Crippen LogP contribution in [0.1, 0.15) is 13.8 Å². The average molecular weight is 299 g/mol. The van der Waals surface area contributed by atoms with Gasteiger partial charge in [0.05, 0.1) is 4.92 Å². The second-order valence-corrected chi connectivity index (χ2v) is 3.98.